The summed E-state index contributed by atoms with van der Waals surface area (Å²) in [6, 6.07) is 1.49. The van der Waals surface area contributed by atoms with Gasteiger partial charge in [0.2, 0.25) is 0 Å². The summed E-state index contributed by atoms with van der Waals surface area (Å²) in [5.41, 5.74) is 0.306. The van der Waals surface area contributed by atoms with Gasteiger partial charge in [-0.15, -0.1) is 0 Å². The molecule has 1 amide bonds. The van der Waals surface area contributed by atoms with Crippen molar-refractivity contribution in [2.45, 2.75) is 6.18 Å². The number of hydrogen-bond donors (Lipinski definition) is 0. The van der Waals surface area contributed by atoms with Crippen LogP contribution in [-0.4, -0.2) is 39.9 Å². The standard InChI is InChI=1S/C9H10F3N3O/c1-14-7(2-3-13-14)8(16)15-4-6(5-15)9(10,11)12/h2-3,6H,4-5H2,1H3. The molecule has 0 saturated carbocycles. The van der Waals surface area contributed by atoms with Gasteiger partial charge in [-0.05, 0) is 6.07 Å². The van der Waals surface area contributed by atoms with Gasteiger partial charge in [0.05, 0.1) is 5.92 Å². The molecule has 1 fully saturated rings. The molecule has 1 aromatic rings. The van der Waals surface area contributed by atoms with Crippen molar-refractivity contribution < 1.29 is 18.0 Å². The Labute approximate surface area is 89.6 Å². The van der Waals surface area contributed by atoms with E-state index in [1.54, 1.807) is 7.05 Å². The van der Waals surface area contributed by atoms with Crippen molar-refractivity contribution in [3.63, 3.8) is 0 Å². The minimum absolute atomic E-state index is 0.256. The molecule has 0 bridgehead atoms. The fourth-order valence-corrected chi connectivity index (χ4v) is 1.60. The number of likely N-dealkylation sites (tertiary alicyclic amines) is 1. The molecule has 0 N–H and O–H groups in total. The lowest BCUT2D eigenvalue weighted by Gasteiger charge is -2.39. The molecule has 0 unspecified atom stereocenters. The molecule has 0 spiro atoms. The van der Waals surface area contributed by atoms with Crippen LogP contribution >= 0.6 is 0 Å². The van der Waals surface area contributed by atoms with Crippen LogP contribution in [0.1, 0.15) is 10.5 Å². The Bertz CT molecular complexity index is 406. The van der Waals surface area contributed by atoms with E-state index in [2.05, 4.69) is 5.10 Å². The van der Waals surface area contributed by atoms with Crippen LogP contribution in [0, 0.1) is 5.92 Å². The second kappa shape index (κ2) is 3.50. The molecule has 0 aromatic carbocycles. The second-order valence-corrected chi connectivity index (χ2v) is 3.79. The maximum Gasteiger partial charge on any atom is 0.395 e. The van der Waals surface area contributed by atoms with Gasteiger partial charge in [-0.1, -0.05) is 0 Å². The summed E-state index contributed by atoms with van der Waals surface area (Å²) in [5.74, 6) is -1.79. The topological polar surface area (TPSA) is 38.1 Å². The van der Waals surface area contributed by atoms with Crippen LogP contribution in [0.3, 0.4) is 0 Å². The molecule has 0 radical (unpaired) electrons. The third-order valence-corrected chi connectivity index (χ3v) is 2.67. The number of aryl methyl sites for hydroxylation is 1. The molecule has 7 heteroatoms. The number of rotatable bonds is 1. The lowest BCUT2D eigenvalue weighted by molar-refractivity contribution is -0.202. The molecule has 1 aromatic heterocycles. The number of amides is 1. The summed E-state index contributed by atoms with van der Waals surface area (Å²) in [7, 11) is 1.58. The van der Waals surface area contributed by atoms with Crippen molar-refractivity contribution in [2.24, 2.45) is 13.0 Å². The van der Waals surface area contributed by atoms with Gasteiger partial charge in [0.15, 0.2) is 0 Å². The Morgan fingerprint density at radius 2 is 2.12 bits per heavy atom. The maximum atomic E-state index is 12.2. The Morgan fingerprint density at radius 1 is 1.50 bits per heavy atom. The quantitative estimate of drug-likeness (QED) is 0.727. The average Bonchev–Trinajstić information content (AvgIpc) is 2.45. The second-order valence-electron chi connectivity index (χ2n) is 3.79. The number of alkyl halides is 3. The highest BCUT2D eigenvalue weighted by Gasteiger charge is 2.48. The molecule has 1 aliphatic heterocycles. The van der Waals surface area contributed by atoms with Gasteiger partial charge in [0.1, 0.15) is 5.69 Å². The van der Waals surface area contributed by atoms with E-state index in [0.29, 0.717) is 5.69 Å². The first-order valence-electron chi connectivity index (χ1n) is 4.73. The zero-order valence-electron chi connectivity index (χ0n) is 8.53. The smallest absolute Gasteiger partial charge is 0.336 e. The van der Waals surface area contributed by atoms with E-state index in [9.17, 15) is 18.0 Å². The number of hydrogen-bond acceptors (Lipinski definition) is 2. The molecule has 2 rings (SSSR count). The van der Waals surface area contributed by atoms with E-state index >= 15 is 0 Å². The van der Waals surface area contributed by atoms with E-state index in [1.807, 2.05) is 0 Å². The average molecular weight is 233 g/mol. The lowest BCUT2D eigenvalue weighted by atomic mass is 9.99. The Hall–Kier alpha value is -1.53. The molecule has 2 heterocycles. The first-order chi connectivity index (χ1) is 7.39. The molecule has 4 nitrogen and oxygen atoms in total. The van der Waals surface area contributed by atoms with Gasteiger partial charge in [0.25, 0.3) is 5.91 Å². The van der Waals surface area contributed by atoms with Crippen LogP contribution in [0.25, 0.3) is 0 Å². The van der Waals surface area contributed by atoms with Crippen LogP contribution in [0.5, 0.6) is 0 Å². The van der Waals surface area contributed by atoms with Gasteiger partial charge in [-0.25, -0.2) is 0 Å². The van der Waals surface area contributed by atoms with Gasteiger partial charge in [-0.2, -0.15) is 18.3 Å². The number of halogens is 3. The SMILES string of the molecule is Cn1nccc1C(=O)N1CC(C(F)(F)F)C1. The maximum absolute atomic E-state index is 12.2. The first-order valence-corrected chi connectivity index (χ1v) is 4.73. The van der Waals surface area contributed by atoms with Crippen LogP contribution in [0.4, 0.5) is 13.2 Å². The van der Waals surface area contributed by atoms with Crippen molar-refractivity contribution in [3.05, 3.63) is 18.0 Å². The number of nitrogens with zero attached hydrogens (tertiary/aromatic N) is 3. The summed E-state index contributed by atoms with van der Waals surface area (Å²) in [6.07, 6.45) is -2.77. The zero-order chi connectivity index (χ0) is 11.9. The highest BCUT2D eigenvalue weighted by molar-refractivity contribution is 5.93. The van der Waals surface area contributed by atoms with Crippen molar-refractivity contribution in [1.29, 1.82) is 0 Å². The highest BCUT2D eigenvalue weighted by atomic mass is 19.4. The monoisotopic (exact) mass is 233 g/mol. The predicted molar refractivity (Wildman–Crippen MR) is 48.7 cm³/mol. The third kappa shape index (κ3) is 1.77. The molecule has 88 valence electrons. The van der Waals surface area contributed by atoms with Crippen LogP contribution in [0.15, 0.2) is 12.3 Å². The van der Waals surface area contributed by atoms with Gasteiger partial charge in [-0.3, -0.25) is 9.48 Å². The number of carbonyl (C=O) groups is 1. The van der Waals surface area contributed by atoms with E-state index in [-0.39, 0.29) is 13.1 Å². The molecule has 1 saturated heterocycles. The molecule has 1 aliphatic rings. The highest BCUT2D eigenvalue weighted by Crippen LogP contribution is 2.33. The van der Waals surface area contributed by atoms with Crippen molar-refractivity contribution in [3.8, 4) is 0 Å². The van der Waals surface area contributed by atoms with Crippen molar-refractivity contribution >= 4 is 5.91 Å². The summed E-state index contributed by atoms with van der Waals surface area (Å²) >= 11 is 0. The molecular formula is C9H10F3N3O. The fourth-order valence-electron chi connectivity index (χ4n) is 1.60. The van der Waals surface area contributed by atoms with Crippen LogP contribution < -0.4 is 0 Å². The van der Waals surface area contributed by atoms with Gasteiger partial charge in [0, 0.05) is 26.3 Å². The first kappa shape index (κ1) is 11.0. The minimum atomic E-state index is -4.21. The van der Waals surface area contributed by atoms with E-state index in [4.69, 9.17) is 0 Å². The molecule has 0 aliphatic carbocycles. The van der Waals surface area contributed by atoms with E-state index in [0.717, 1.165) is 0 Å². The Kier molecular flexibility index (Phi) is 2.40. The van der Waals surface area contributed by atoms with Gasteiger partial charge >= 0.3 is 6.18 Å². The number of carbonyl (C=O) groups excluding carboxylic acids is 1. The predicted octanol–water partition coefficient (Wildman–Crippen LogP) is 1.05. The summed E-state index contributed by atoms with van der Waals surface area (Å²) in [5, 5.41) is 3.79. The normalized spacial score (nSPS) is 17.4. The van der Waals surface area contributed by atoms with Crippen LogP contribution in [0.2, 0.25) is 0 Å². The Balaban J connectivity index is 1.99. The molecule has 16 heavy (non-hydrogen) atoms. The summed E-state index contributed by atoms with van der Waals surface area (Å²) in [4.78, 5) is 12.9. The fraction of sp³-hybridized carbons (Fsp3) is 0.556. The minimum Gasteiger partial charge on any atom is -0.336 e. The summed E-state index contributed by atoms with van der Waals surface area (Å²) < 4.78 is 38.0. The number of aromatic nitrogens is 2. The van der Waals surface area contributed by atoms with Crippen LogP contribution in [-0.2, 0) is 7.05 Å². The summed E-state index contributed by atoms with van der Waals surface area (Å²) in [6.45, 7) is -0.513. The van der Waals surface area contributed by atoms with Crippen molar-refractivity contribution in [1.82, 2.24) is 14.7 Å². The third-order valence-electron chi connectivity index (χ3n) is 2.67. The van der Waals surface area contributed by atoms with E-state index in [1.165, 1.54) is 21.8 Å². The molecule has 0 atom stereocenters. The van der Waals surface area contributed by atoms with E-state index < -0.39 is 18.0 Å². The van der Waals surface area contributed by atoms with Crippen molar-refractivity contribution in [2.75, 3.05) is 13.1 Å². The molecular weight excluding hydrogens is 223 g/mol. The zero-order valence-corrected chi connectivity index (χ0v) is 8.53. The Morgan fingerprint density at radius 3 is 2.56 bits per heavy atom. The lowest BCUT2D eigenvalue weighted by Crippen LogP contribution is -2.55. The van der Waals surface area contributed by atoms with Gasteiger partial charge < -0.3 is 4.90 Å². The largest absolute Gasteiger partial charge is 0.395 e.